The highest BCUT2D eigenvalue weighted by molar-refractivity contribution is 8.26. The minimum Gasteiger partial charge on any atom is -0.439 e. The normalized spacial score (nSPS) is 14.7. The number of amides is 1. The number of nitrogens with one attached hydrogen (secondary N) is 1. The van der Waals surface area contributed by atoms with E-state index in [4.69, 9.17) is 17.0 Å². The van der Waals surface area contributed by atoms with Crippen molar-refractivity contribution in [3.63, 3.8) is 0 Å². The number of pyridine rings is 1. The molecule has 1 saturated heterocycles. The molecule has 8 nitrogen and oxygen atoms in total. The molecule has 0 bridgehead atoms. The van der Waals surface area contributed by atoms with E-state index in [2.05, 4.69) is 14.9 Å². The number of carbonyl (C=O) groups is 1. The number of hydrogen-bond acceptors (Lipinski definition) is 7. The molecule has 1 amide bonds. The highest BCUT2D eigenvalue weighted by Gasteiger charge is 2.23. The quantitative estimate of drug-likeness (QED) is 0.260. The van der Waals surface area contributed by atoms with E-state index in [1.165, 1.54) is 23.9 Å². The van der Waals surface area contributed by atoms with E-state index in [1.54, 1.807) is 12.1 Å². The second kappa shape index (κ2) is 8.32. The van der Waals surface area contributed by atoms with Crippen LogP contribution in [0.25, 0.3) is 11.8 Å². The number of thioether (sulfide) groups is 1. The minimum atomic E-state index is -0.510. The molecule has 1 fully saturated rings. The smallest absolute Gasteiger partial charge is 0.287 e. The highest BCUT2D eigenvalue weighted by Crippen LogP contribution is 2.30. The average molecular weight is 453 g/mol. The van der Waals surface area contributed by atoms with Crippen molar-refractivity contribution in [2.75, 3.05) is 0 Å². The van der Waals surface area contributed by atoms with Gasteiger partial charge in [0, 0.05) is 29.2 Å². The molecule has 3 heterocycles. The van der Waals surface area contributed by atoms with Gasteiger partial charge in [-0.15, -0.1) is 0 Å². The Kier molecular flexibility index (Phi) is 5.57. The topological polar surface area (TPSA) is 99.3 Å². The lowest BCUT2D eigenvalue weighted by molar-refractivity contribution is -0.385. The second-order valence-electron chi connectivity index (χ2n) is 6.72. The van der Waals surface area contributed by atoms with Crippen molar-refractivity contribution in [3.05, 3.63) is 80.6 Å². The first-order valence-electron chi connectivity index (χ1n) is 9.14. The number of carbonyl (C=O) groups excluding carboxylic acids is 1. The van der Waals surface area contributed by atoms with E-state index in [1.807, 2.05) is 38.1 Å². The lowest BCUT2D eigenvalue weighted by Gasteiger charge is -2.11. The molecule has 0 atom stereocenters. The van der Waals surface area contributed by atoms with Gasteiger partial charge in [0.1, 0.15) is 16.3 Å². The molecule has 2 aromatic heterocycles. The number of thiocarbonyl (C=S) groups is 1. The number of ether oxygens (including phenoxy) is 1. The molecule has 0 unspecified atom stereocenters. The van der Waals surface area contributed by atoms with Crippen LogP contribution >= 0.6 is 24.0 Å². The van der Waals surface area contributed by atoms with Gasteiger partial charge in [-0.1, -0.05) is 24.0 Å². The molecule has 1 N–H and O–H groups in total. The van der Waals surface area contributed by atoms with E-state index in [-0.39, 0.29) is 17.5 Å². The molecule has 0 aliphatic carbocycles. The lowest BCUT2D eigenvalue weighted by atomic mass is 10.2. The zero-order valence-electron chi connectivity index (χ0n) is 16.5. The van der Waals surface area contributed by atoms with Crippen LogP contribution in [0.2, 0.25) is 0 Å². The average Bonchev–Trinajstić information content (AvgIpc) is 3.20. The summed E-state index contributed by atoms with van der Waals surface area (Å²) in [6.07, 6.45) is 3.00. The fraction of sp³-hybridized carbons (Fsp3) is 0.0952. The minimum absolute atomic E-state index is 0.0951. The molecular formula is C21H16N4O4S2. The van der Waals surface area contributed by atoms with Crippen molar-refractivity contribution in [3.8, 4) is 17.3 Å². The van der Waals surface area contributed by atoms with Gasteiger partial charge >= 0.3 is 0 Å². The van der Waals surface area contributed by atoms with Crippen LogP contribution in [0, 0.1) is 24.0 Å². The summed E-state index contributed by atoms with van der Waals surface area (Å²) in [6, 6.07) is 12.2. The molecule has 3 aromatic rings. The predicted octanol–water partition coefficient (Wildman–Crippen LogP) is 4.68. The maximum absolute atomic E-state index is 12.0. The Labute approximate surface area is 187 Å². The van der Waals surface area contributed by atoms with E-state index < -0.39 is 4.92 Å². The van der Waals surface area contributed by atoms with E-state index >= 15 is 0 Å². The van der Waals surface area contributed by atoms with Gasteiger partial charge in [0.05, 0.1) is 9.83 Å². The number of aryl methyl sites for hydroxylation is 1. The van der Waals surface area contributed by atoms with E-state index in [0.29, 0.717) is 15.0 Å². The van der Waals surface area contributed by atoms with Crippen LogP contribution in [0.5, 0.6) is 11.6 Å². The van der Waals surface area contributed by atoms with Crippen LogP contribution in [0.1, 0.15) is 17.0 Å². The molecule has 31 heavy (non-hydrogen) atoms. The molecular weight excluding hydrogens is 436 g/mol. The van der Waals surface area contributed by atoms with E-state index in [0.717, 1.165) is 28.8 Å². The second-order valence-corrected chi connectivity index (χ2v) is 8.44. The van der Waals surface area contributed by atoms with Crippen LogP contribution in [-0.4, -0.2) is 24.7 Å². The van der Waals surface area contributed by atoms with Crippen LogP contribution < -0.4 is 10.1 Å². The summed E-state index contributed by atoms with van der Waals surface area (Å²) < 4.78 is 8.21. The number of nitro groups is 1. The van der Waals surface area contributed by atoms with Gasteiger partial charge in [0.15, 0.2) is 0 Å². The van der Waals surface area contributed by atoms with Crippen molar-refractivity contribution in [1.82, 2.24) is 14.9 Å². The van der Waals surface area contributed by atoms with E-state index in [9.17, 15) is 14.9 Å². The molecule has 1 aliphatic heterocycles. The van der Waals surface area contributed by atoms with Crippen molar-refractivity contribution in [2.45, 2.75) is 13.8 Å². The molecule has 1 aromatic carbocycles. The maximum Gasteiger partial charge on any atom is 0.287 e. The van der Waals surface area contributed by atoms with Crippen LogP contribution in [0.3, 0.4) is 0 Å². The Hall–Kier alpha value is -3.50. The van der Waals surface area contributed by atoms with Gasteiger partial charge < -0.3 is 14.6 Å². The molecule has 0 spiro atoms. The molecule has 0 radical (unpaired) electrons. The number of rotatable bonds is 5. The van der Waals surface area contributed by atoms with Crippen molar-refractivity contribution >= 4 is 46.0 Å². The first kappa shape index (κ1) is 20.8. The monoisotopic (exact) mass is 452 g/mol. The zero-order valence-corrected chi connectivity index (χ0v) is 18.1. The Bertz CT molecular complexity index is 1230. The standard InChI is InChI=1S/C21H16N4O4S2/c1-12-9-14(10-18-20(26)23-21(30)31-18)13(2)24(12)15-3-6-17(7-4-15)29-19-8-5-16(11-22-19)25(27)28/h3-11H,1-2H3,(H,23,26,30). The van der Waals surface area contributed by atoms with Crippen LogP contribution in [0.4, 0.5) is 5.69 Å². The summed E-state index contributed by atoms with van der Waals surface area (Å²) >= 11 is 6.30. The predicted molar refractivity (Wildman–Crippen MR) is 123 cm³/mol. The number of hydrogen-bond donors (Lipinski definition) is 1. The Morgan fingerprint density at radius 3 is 2.55 bits per heavy atom. The van der Waals surface area contributed by atoms with Crippen LogP contribution in [-0.2, 0) is 4.79 Å². The number of benzene rings is 1. The summed E-state index contributed by atoms with van der Waals surface area (Å²) in [6.45, 7) is 3.98. The fourth-order valence-electron chi connectivity index (χ4n) is 3.22. The summed E-state index contributed by atoms with van der Waals surface area (Å²) in [5, 5.41) is 13.3. The fourth-order valence-corrected chi connectivity index (χ4v) is 4.25. The van der Waals surface area contributed by atoms with Crippen molar-refractivity contribution in [2.24, 2.45) is 0 Å². The summed E-state index contributed by atoms with van der Waals surface area (Å²) in [7, 11) is 0. The Morgan fingerprint density at radius 1 is 1.23 bits per heavy atom. The summed E-state index contributed by atoms with van der Waals surface area (Å²) in [4.78, 5) is 26.7. The Morgan fingerprint density at radius 2 is 1.97 bits per heavy atom. The molecule has 10 heteroatoms. The highest BCUT2D eigenvalue weighted by atomic mass is 32.2. The third-order valence-electron chi connectivity index (χ3n) is 4.65. The van der Waals surface area contributed by atoms with Gasteiger partial charge in [0.25, 0.3) is 11.6 Å². The number of aromatic nitrogens is 2. The summed E-state index contributed by atoms with van der Waals surface area (Å²) in [5.74, 6) is 0.648. The van der Waals surface area contributed by atoms with Crippen molar-refractivity contribution < 1.29 is 14.5 Å². The van der Waals surface area contributed by atoms with Crippen molar-refractivity contribution in [1.29, 1.82) is 0 Å². The maximum atomic E-state index is 12.0. The van der Waals surface area contributed by atoms with Gasteiger partial charge in [-0.2, -0.15) is 0 Å². The van der Waals surface area contributed by atoms with Crippen LogP contribution in [0.15, 0.2) is 53.6 Å². The SMILES string of the molecule is Cc1cc(C=C2SC(=S)NC2=O)c(C)n1-c1ccc(Oc2ccc([N+](=O)[O-])cn2)cc1. The Balaban J connectivity index is 1.56. The van der Waals surface area contributed by atoms with Gasteiger partial charge in [-0.05, 0) is 55.8 Å². The molecule has 156 valence electrons. The van der Waals surface area contributed by atoms with Gasteiger partial charge in [-0.3, -0.25) is 14.9 Å². The third kappa shape index (κ3) is 4.35. The summed E-state index contributed by atoms with van der Waals surface area (Å²) in [5.41, 5.74) is 3.78. The zero-order chi connectivity index (χ0) is 22.1. The molecule has 4 rings (SSSR count). The first-order valence-corrected chi connectivity index (χ1v) is 10.4. The molecule has 0 saturated carbocycles. The molecule has 1 aliphatic rings. The largest absolute Gasteiger partial charge is 0.439 e. The van der Waals surface area contributed by atoms with Gasteiger partial charge in [0.2, 0.25) is 5.88 Å². The number of nitrogens with zero attached hydrogens (tertiary/aromatic N) is 3. The van der Waals surface area contributed by atoms with Gasteiger partial charge in [-0.25, -0.2) is 4.98 Å². The third-order valence-corrected chi connectivity index (χ3v) is 5.81. The first-order chi connectivity index (χ1) is 14.8. The lowest BCUT2D eigenvalue weighted by Crippen LogP contribution is -2.17.